The molecular formula is C33H44N4O3S2. The molecule has 2 aliphatic rings. The third-order valence-electron chi connectivity index (χ3n) is 8.14. The van der Waals surface area contributed by atoms with Crippen LogP contribution in [0.15, 0.2) is 53.7 Å². The van der Waals surface area contributed by atoms with Gasteiger partial charge in [0.25, 0.3) is 0 Å². The molecular weight excluding hydrogens is 565 g/mol. The van der Waals surface area contributed by atoms with E-state index in [1.165, 1.54) is 66.6 Å². The van der Waals surface area contributed by atoms with Crippen LogP contribution in [0.4, 0.5) is 0 Å². The summed E-state index contributed by atoms with van der Waals surface area (Å²) in [6.45, 7) is 5.65. The predicted molar refractivity (Wildman–Crippen MR) is 174 cm³/mol. The molecule has 0 amide bonds. The zero-order chi connectivity index (χ0) is 29.1. The van der Waals surface area contributed by atoms with E-state index in [2.05, 4.69) is 40.9 Å². The SMILES string of the molecule is CCCCC(Oc1ccc(C(N)=NO)cc1)Oc1ccc(-c2nc(C3CCCCC3)sc2CCN2CCSCC2)cc1. The van der Waals surface area contributed by atoms with Gasteiger partial charge in [-0.25, -0.2) is 4.98 Å². The lowest BCUT2D eigenvalue weighted by molar-refractivity contribution is -0.00211. The molecule has 3 N–H and O–H groups in total. The zero-order valence-electron chi connectivity index (χ0n) is 24.7. The highest BCUT2D eigenvalue weighted by molar-refractivity contribution is 7.99. The molecule has 226 valence electrons. The highest BCUT2D eigenvalue weighted by Gasteiger charge is 2.23. The van der Waals surface area contributed by atoms with E-state index in [0.717, 1.165) is 49.2 Å². The molecule has 0 spiro atoms. The monoisotopic (exact) mass is 608 g/mol. The van der Waals surface area contributed by atoms with E-state index >= 15 is 0 Å². The molecule has 9 heteroatoms. The van der Waals surface area contributed by atoms with Gasteiger partial charge in [0.15, 0.2) is 5.84 Å². The smallest absolute Gasteiger partial charge is 0.241 e. The Kier molecular flexibility index (Phi) is 11.4. The first-order chi connectivity index (χ1) is 20.6. The standard InChI is InChI=1S/C33H44N4O3S2/c1-2-3-9-30(40-28-16-12-25(13-17-28)32(34)36-38)39-27-14-10-24(11-15-27)31-29(18-19-37-20-22-41-23-21-37)42-33(35-31)26-7-5-4-6-8-26/h10-17,26,30,38H,2-9,18-23H2,1H3,(H2,34,36). The van der Waals surface area contributed by atoms with Crippen molar-refractivity contribution in [2.45, 2.75) is 76.9 Å². The van der Waals surface area contributed by atoms with Gasteiger partial charge in [-0.1, -0.05) is 37.8 Å². The fraction of sp³-hybridized carbons (Fsp3) is 0.515. The summed E-state index contributed by atoms with van der Waals surface area (Å²) in [5.74, 6) is 4.63. The Hall–Kier alpha value is -2.75. The van der Waals surface area contributed by atoms with Gasteiger partial charge in [-0.15, -0.1) is 11.3 Å². The van der Waals surface area contributed by atoms with Crippen LogP contribution in [0, 0.1) is 0 Å². The summed E-state index contributed by atoms with van der Waals surface area (Å²) in [5.41, 5.74) is 8.65. The van der Waals surface area contributed by atoms with Crippen molar-refractivity contribution in [1.29, 1.82) is 0 Å². The lowest BCUT2D eigenvalue weighted by atomic mass is 9.90. The first kappa shape index (κ1) is 30.7. The van der Waals surface area contributed by atoms with Crippen molar-refractivity contribution in [2.24, 2.45) is 10.9 Å². The molecule has 3 aromatic rings. The van der Waals surface area contributed by atoms with Crippen LogP contribution in [0.2, 0.25) is 0 Å². The maximum Gasteiger partial charge on any atom is 0.241 e. The number of unbranched alkanes of at least 4 members (excludes halogenated alkanes) is 1. The highest BCUT2D eigenvalue weighted by atomic mass is 32.2. The number of thiazole rings is 1. The van der Waals surface area contributed by atoms with Crippen molar-refractivity contribution in [3.8, 4) is 22.8 Å². The van der Waals surface area contributed by atoms with Crippen LogP contribution >= 0.6 is 23.1 Å². The van der Waals surface area contributed by atoms with Crippen molar-refractivity contribution in [2.75, 3.05) is 31.1 Å². The number of thioether (sulfide) groups is 1. The third-order valence-corrected chi connectivity index (χ3v) is 10.4. The Balaban J connectivity index is 1.29. The Bertz CT molecular complexity index is 1270. The van der Waals surface area contributed by atoms with Gasteiger partial charge in [0.05, 0.1) is 10.7 Å². The fourth-order valence-corrected chi connectivity index (χ4v) is 7.87. The molecule has 1 aliphatic carbocycles. The minimum atomic E-state index is -0.416. The molecule has 2 aromatic carbocycles. The number of nitrogens with zero attached hydrogens (tertiary/aromatic N) is 3. The van der Waals surface area contributed by atoms with Gasteiger partial charge in [-0.3, -0.25) is 0 Å². The molecule has 5 rings (SSSR count). The summed E-state index contributed by atoms with van der Waals surface area (Å²) in [5, 5.41) is 13.3. The molecule has 2 fully saturated rings. The third kappa shape index (κ3) is 8.42. The minimum absolute atomic E-state index is 0.0696. The zero-order valence-corrected chi connectivity index (χ0v) is 26.3. The second-order valence-corrected chi connectivity index (χ2v) is 13.5. The predicted octanol–water partition coefficient (Wildman–Crippen LogP) is 7.52. The molecule has 1 aromatic heterocycles. The van der Waals surface area contributed by atoms with Gasteiger partial charge in [0.1, 0.15) is 11.5 Å². The lowest BCUT2D eigenvalue weighted by Crippen LogP contribution is -2.34. The molecule has 0 radical (unpaired) electrons. The summed E-state index contributed by atoms with van der Waals surface area (Å²) in [6, 6.07) is 15.6. The molecule has 7 nitrogen and oxygen atoms in total. The van der Waals surface area contributed by atoms with E-state index in [9.17, 15) is 0 Å². The van der Waals surface area contributed by atoms with Crippen LogP contribution in [0.3, 0.4) is 0 Å². The molecule has 1 saturated carbocycles. The summed E-state index contributed by atoms with van der Waals surface area (Å²) in [6.07, 6.45) is 10.0. The van der Waals surface area contributed by atoms with Crippen LogP contribution in [-0.2, 0) is 6.42 Å². The van der Waals surface area contributed by atoms with E-state index in [1.807, 2.05) is 35.6 Å². The second kappa shape index (κ2) is 15.6. The maximum absolute atomic E-state index is 8.92. The summed E-state index contributed by atoms with van der Waals surface area (Å²) in [4.78, 5) is 9.30. The number of nitrogens with two attached hydrogens (primary N) is 1. The van der Waals surface area contributed by atoms with E-state index in [1.54, 1.807) is 12.1 Å². The highest BCUT2D eigenvalue weighted by Crippen LogP contribution is 2.39. The summed E-state index contributed by atoms with van der Waals surface area (Å²) >= 11 is 4.02. The van der Waals surface area contributed by atoms with Gasteiger partial charge >= 0.3 is 0 Å². The number of oxime groups is 1. The quantitative estimate of drug-likeness (QED) is 0.0682. The topological polar surface area (TPSA) is 93.2 Å². The van der Waals surface area contributed by atoms with Crippen molar-refractivity contribution in [1.82, 2.24) is 9.88 Å². The second-order valence-electron chi connectivity index (χ2n) is 11.2. The Morgan fingerprint density at radius 1 is 1.02 bits per heavy atom. The van der Waals surface area contributed by atoms with Gasteiger partial charge in [-0.05, 0) is 74.2 Å². The van der Waals surface area contributed by atoms with Gasteiger partial charge in [-0.2, -0.15) is 11.8 Å². The van der Waals surface area contributed by atoms with E-state index in [4.69, 9.17) is 25.4 Å². The van der Waals surface area contributed by atoms with Crippen LogP contribution < -0.4 is 15.2 Å². The average Bonchev–Trinajstić information content (AvgIpc) is 3.48. The lowest BCUT2D eigenvalue weighted by Gasteiger charge is -2.25. The van der Waals surface area contributed by atoms with Gasteiger partial charge in [0, 0.05) is 59.5 Å². The van der Waals surface area contributed by atoms with E-state index < -0.39 is 6.29 Å². The van der Waals surface area contributed by atoms with Gasteiger partial charge in [0.2, 0.25) is 6.29 Å². The fourth-order valence-electron chi connectivity index (χ4n) is 5.64. The molecule has 1 atom stereocenters. The van der Waals surface area contributed by atoms with Crippen molar-refractivity contribution in [3.05, 3.63) is 64.0 Å². The number of hydrogen-bond donors (Lipinski definition) is 2. The summed E-state index contributed by atoms with van der Waals surface area (Å²) in [7, 11) is 0. The maximum atomic E-state index is 8.92. The van der Waals surface area contributed by atoms with E-state index in [0.29, 0.717) is 17.2 Å². The number of rotatable bonds is 13. The first-order valence-electron chi connectivity index (χ1n) is 15.4. The Morgan fingerprint density at radius 3 is 2.33 bits per heavy atom. The van der Waals surface area contributed by atoms with E-state index in [-0.39, 0.29) is 5.84 Å². The normalized spacial score (nSPS) is 17.7. The van der Waals surface area contributed by atoms with Crippen molar-refractivity contribution < 1.29 is 14.7 Å². The van der Waals surface area contributed by atoms with Crippen LogP contribution in [0.1, 0.15) is 79.7 Å². The number of benzene rings is 2. The number of hydrogen-bond acceptors (Lipinski definition) is 8. The Labute approximate surface area is 258 Å². The summed E-state index contributed by atoms with van der Waals surface area (Å²) < 4.78 is 12.5. The van der Waals surface area contributed by atoms with Crippen molar-refractivity contribution >= 4 is 28.9 Å². The number of aromatic nitrogens is 1. The van der Waals surface area contributed by atoms with Crippen molar-refractivity contribution in [3.63, 3.8) is 0 Å². The van der Waals surface area contributed by atoms with Crippen LogP contribution in [0.25, 0.3) is 11.3 Å². The first-order valence-corrected chi connectivity index (χ1v) is 17.4. The van der Waals surface area contributed by atoms with Crippen LogP contribution in [-0.4, -0.2) is 58.4 Å². The molecule has 42 heavy (non-hydrogen) atoms. The number of amidine groups is 1. The number of ether oxygens (including phenoxy) is 2. The van der Waals surface area contributed by atoms with Gasteiger partial charge < -0.3 is 25.3 Å². The average molecular weight is 609 g/mol. The molecule has 2 heterocycles. The molecule has 1 aliphatic heterocycles. The molecule has 0 bridgehead atoms. The molecule has 1 saturated heterocycles. The Morgan fingerprint density at radius 2 is 1.69 bits per heavy atom. The molecule has 1 unspecified atom stereocenters. The minimum Gasteiger partial charge on any atom is -0.455 e. The largest absolute Gasteiger partial charge is 0.455 e. The van der Waals surface area contributed by atoms with Crippen LogP contribution in [0.5, 0.6) is 11.5 Å².